The van der Waals surface area contributed by atoms with Gasteiger partial charge in [0.2, 0.25) is 0 Å². The molecule has 0 aromatic carbocycles. The van der Waals surface area contributed by atoms with Crippen LogP contribution < -0.4 is 5.69 Å². The molecule has 2 rings (SSSR count). The number of carbonyl (C=O) groups is 1. The molecular formula is C11H9BrN2O3S2. The third-order valence-corrected chi connectivity index (χ3v) is 5.11. The number of carboxylic acid groups (broad SMARTS) is 1. The van der Waals surface area contributed by atoms with Gasteiger partial charge in [-0.25, -0.2) is 9.59 Å². The lowest BCUT2D eigenvalue weighted by Crippen LogP contribution is -2.18. The number of H-pyrrole nitrogens is 1. The van der Waals surface area contributed by atoms with Gasteiger partial charge in [0.1, 0.15) is 10.6 Å². The highest BCUT2D eigenvalue weighted by atomic mass is 79.9. The zero-order valence-electron chi connectivity index (χ0n) is 9.77. The molecule has 5 nitrogen and oxygen atoms in total. The van der Waals surface area contributed by atoms with Crippen LogP contribution in [0.3, 0.4) is 0 Å². The van der Waals surface area contributed by atoms with Crippen LogP contribution in [0.5, 0.6) is 0 Å². The zero-order valence-corrected chi connectivity index (χ0v) is 13.0. The third-order valence-electron chi connectivity index (χ3n) is 2.28. The number of carboxylic acids is 1. The minimum atomic E-state index is -1.09. The Labute approximate surface area is 125 Å². The fourth-order valence-corrected chi connectivity index (χ4v) is 4.08. The summed E-state index contributed by atoms with van der Waals surface area (Å²) in [5.74, 6) is -0.511. The number of hydrogen-bond donors (Lipinski definition) is 2. The van der Waals surface area contributed by atoms with Crippen LogP contribution in [0.1, 0.15) is 20.9 Å². The fourth-order valence-electron chi connectivity index (χ4n) is 1.48. The number of halogens is 1. The van der Waals surface area contributed by atoms with E-state index in [0.29, 0.717) is 11.4 Å². The van der Waals surface area contributed by atoms with Crippen molar-refractivity contribution in [2.45, 2.75) is 17.7 Å². The van der Waals surface area contributed by atoms with Crippen LogP contribution in [0.15, 0.2) is 25.7 Å². The zero-order chi connectivity index (χ0) is 14.0. The van der Waals surface area contributed by atoms with Crippen LogP contribution in [0.4, 0.5) is 0 Å². The van der Waals surface area contributed by atoms with E-state index in [9.17, 15) is 9.59 Å². The first kappa shape index (κ1) is 14.3. The standard InChI is InChI=1S/C11H9BrN2O3S2/c1-5-8(10(15)16)9(14-11(17)13-5)18-4-6-2-3-7(12)19-6/h2-3H,4H2,1H3,(H,15,16)(H,13,14,17). The lowest BCUT2D eigenvalue weighted by atomic mass is 10.2. The molecule has 2 aromatic rings. The van der Waals surface area contributed by atoms with E-state index in [-0.39, 0.29) is 10.6 Å². The van der Waals surface area contributed by atoms with Gasteiger partial charge in [0.15, 0.2) is 0 Å². The number of aromatic carboxylic acids is 1. The van der Waals surface area contributed by atoms with E-state index in [1.165, 1.54) is 11.8 Å². The first-order chi connectivity index (χ1) is 8.97. The van der Waals surface area contributed by atoms with Crippen molar-refractivity contribution in [3.63, 3.8) is 0 Å². The predicted octanol–water partition coefficient (Wildman–Crippen LogP) is 2.89. The second kappa shape index (κ2) is 5.89. The Bertz CT molecular complexity index is 681. The lowest BCUT2D eigenvalue weighted by molar-refractivity contribution is 0.0690. The molecule has 0 saturated heterocycles. The van der Waals surface area contributed by atoms with Crippen molar-refractivity contribution in [2.24, 2.45) is 0 Å². The monoisotopic (exact) mass is 360 g/mol. The Balaban J connectivity index is 2.28. The molecular weight excluding hydrogens is 352 g/mol. The molecule has 0 radical (unpaired) electrons. The van der Waals surface area contributed by atoms with Gasteiger partial charge in [0.25, 0.3) is 0 Å². The molecule has 2 N–H and O–H groups in total. The van der Waals surface area contributed by atoms with Crippen LogP contribution in [0, 0.1) is 6.92 Å². The van der Waals surface area contributed by atoms with Crippen LogP contribution in [-0.2, 0) is 5.75 Å². The first-order valence-electron chi connectivity index (χ1n) is 5.18. The SMILES string of the molecule is Cc1[nH]c(=O)nc(SCc2ccc(Br)s2)c1C(=O)O. The number of rotatable bonds is 4. The lowest BCUT2D eigenvalue weighted by Gasteiger charge is -2.05. The van der Waals surface area contributed by atoms with Crippen molar-refractivity contribution >= 4 is 45.0 Å². The normalized spacial score (nSPS) is 10.6. The summed E-state index contributed by atoms with van der Waals surface area (Å²) in [5, 5.41) is 9.41. The van der Waals surface area contributed by atoms with Crippen LogP contribution in [0.2, 0.25) is 0 Å². The summed E-state index contributed by atoms with van der Waals surface area (Å²) in [5.41, 5.74) is -0.153. The van der Waals surface area contributed by atoms with Gasteiger partial charge in [-0.1, -0.05) is 11.8 Å². The van der Waals surface area contributed by atoms with E-state index in [1.807, 2.05) is 12.1 Å². The number of nitrogens with one attached hydrogen (secondary N) is 1. The summed E-state index contributed by atoms with van der Waals surface area (Å²) in [6.07, 6.45) is 0. The van der Waals surface area contributed by atoms with Gasteiger partial charge in [-0.3, -0.25) is 0 Å². The molecule has 0 fully saturated rings. The molecule has 0 aliphatic rings. The summed E-state index contributed by atoms with van der Waals surface area (Å²) in [7, 11) is 0. The summed E-state index contributed by atoms with van der Waals surface area (Å²) in [6, 6.07) is 3.87. The highest BCUT2D eigenvalue weighted by molar-refractivity contribution is 9.11. The average molecular weight is 361 g/mol. The van der Waals surface area contributed by atoms with Gasteiger partial charge in [0, 0.05) is 16.3 Å². The summed E-state index contributed by atoms with van der Waals surface area (Å²) < 4.78 is 1.01. The number of thiophene rings is 1. The predicted molar refractivity (Wildman–Crippen MR) is 78.1 cm³/mol. The van der Waals surface area contributed by atoms with Crippen molar-refractivity contribution < 1.29 is 9.90 Å². The summed E-state index contributed by atoms with van der Waals surface area (Å²) >= 11 is 6.18. The van der Waals surface area contributed by atoms with Gasteiger partial charge in [-0.2, -0.15) is 4.98 Å². The highest BCUT2D eigenvalue weighted by Gasteiger charge is 2.17. The molecule has 0 atom stereocenters. The molecule has 100 valence electrons. The average Bonchev–Trinajstić information content (AvgIpc) is 2.71. The number of aromatic nitrogens is 2. The second-order valence-electron chi connectivity index (χ2n) is 3.65. The van der Waals surface area contributed by atoms with Crippen LogP contribution in [-0.4, -0.2) is 21.0 Å². The first-order valence-corrected chi connectivity index (χ1v) is 7.78. The number of aryl methyl sites for hydroxylation is 1. The highest BCUT2D eigenvalue weighted by Crippen LogP contribution is 2.29. The maximum atomic E-state index is 11.3. The number of hydrogen-bond acceptors (Lipinski definition) is 5. The van der Waals surface area contributed by atoms with Crippen molar-refractivity contribution in [2.75, 3.05) is 0 Å². The van der Waals surface area contributed by atoms with Gasteiger partial charge < -0.3 is 10.1 Å². The van der Waals surface area contributed by atoms with Gasteiger partial charge in [-0.05, 0) is 35.0 Å². The quantitative estimate of drug-likeness (QED) is 0.646. The molecule has 19 heavy (non-hydrogen) atoms. The summed E-state index contributed by atoms with van der Waals surface area (Å²) in [6.45, 7) is 1.55. The van der Waals surface area contributed by atoms with Crippen molar-refractivity contribution in [3.8, 4) is 0 Å². The third kappa shape index (κ3) is 3.46. The molecule has 0 bridgehead atoms. The number of thioether (sulfide) groups is 1. The Morgan fingerprint density at radius 1 is 1.58 bits per heavy atom. The van der Waals surface area contributed by atoms with E-state index in [2.05, 4.69) is 25.9 Å². The summed E-state index contributed by atoms with van der Waals surface area (Å²) in [4.78, 5) is 29.7. The maximum Gasteiger partial charge on any atom is 0.346 e. The smallest absolute Gasteiger partial charge is 0.346 e. The Morgan fingerprint density at radius 3 is 2.89 bits per heavy atom. The van der Waals surface area contributed by atoms with Crippen molar-refractivity contribution in [1.82, 2.24) is 9.97 Å². The molecule has 0 unspecified atom stereocenters. The molecule has 0 aliphatic heterocycles. The van der Waals surface area contributed by atoms with Crippen molar-refractivity contribution in [1.29, 1.82) is 0 Å². The topological polar surface area (TPSA) is 83.0 Å². The fraction of sp³-hybridized carbons (Fsp3) is 0.182. The molecule has 0 amide bonds. The van der Waals surface area contributed by atoms with Gasteiger partial charge in [-0.15, -0.1) is 11.3 Å². The van der Waals surface area contributed by atoms with E-state index in [1.54, 1.807) is 18.3 Å². The van der Waals surface area contributed by atoms with Gasteiger partial charge in [0.05, 0.1) is 3.79 Å². The molecule has 0 spiro atoms. The van der Waals surface area contributed by atoms with Crippen LogP contribution in [0.25, 0.3) is 0 Å². The largest absolute Gasteiger partial charge is 0.478 e. The molecule has 0 saturated carbocycles. The molecule has 2 heterocycles. The van der Waals surface area contributed by atoms with E-state index >= 15 is 0 Å². The maximum absolute atomic E-state index is 11.3. The van der Waals surface area contributed by atoms with Gasteiger partial charge >= 0.3 is 11.7 Å². The Morgan fingerprint density at radius 2 is 2.32 bits per heavy atom. The van der Waals surface area contributed by atoms with Crippen LogP contribution >= 0.6 is 39.0 Å². The molecule has 8 heteroatoms. The van der Waals surface area contributed by atoms with E-state index < -0.39 is 11.7 Å². The van der Waals surface area contributed by atoms with E-state index in [0.717, 1.165) is 8.66 Å². The van der Waals surface area contributed by atoms with E-state index in [4.69, 9.17) is 5.11 Å². The molecule has 2 aromatic heterocycles. The number of nitrogens with zero attached hydrogens (tertiary/aromatic N) is 1. The molecule has 0 aliphatic carbocycles. The van der Waals surface area contributed by atoms with Crippen molar-refractivity contribution in [3.05, 3.63) is 42.5 Å². The minimum absolute atomic E-state index is 0.0558. The minimum Gasteiger partial charge on any atom is -0.478 e. The Hall–Kier alpha value is -1.12. The Kier molecular flexibility index (Phi) is 4.43. The second-order valence-corrected chi connectivity index (χ2v) is 7.16. The number of aromatic amines is 1.